The summed E-state index contributed by atoms with van der Waals surface area (Å²) < 4.78 is 26.9. The first-order chi connectivity index (χ1) is 14.1. The van der Waals surface area contributed by atoms with Crippen LogP contribution in [0.5, 0.6) is 0 Å². The first kappa shape index (κ1) is 26.1. The van der Waals surface area contributed by atoms with Crippen molar-refractivity contribution in [2.45, 2.75) is 65.3 Å². The molecule has 0 fully saturated rings. The van der Waals surface area contributed by atoms with E-state index in [0.717, 1.165) is 12.8 Å². The van der Waals surface area contributed by atoms with Crippen LogP contribution < -0.4 is 5.32 Å². The van der Waals surface area contributed by atoms with E-state index in [9.17, 15) is 18.0 Å². The van der Waals surface area contributed by atoms with Crippen LogP contribution in [0.4, 0.5) is 0 Å². The number of hydrogen-bond acceptors (Lipinski definition) is 4. The molecule has 1 aromatic carbocycles. The van der Waals surface area contributed by atoms with Gasteiger partial charge in [-0.3, -0.25) is 9.59 Å². The Balaban J connectivity index is 3.13. The van der Waals surface area contributed by atoms with Crippen molar-refractivity contribution in [1.82, 2.24) is 14.5 Å². The molecule has 8 heteroatoms. The van der Waals surface area contributed by atoms with Gasteiger partial charge in [-0.15, -0.1) is 0 Å². The van der Waals surface area contributed by atoms with Gasteiger partial charge >= 0.3 is 0 Å². The molecule has 1 atom stereocenters. The lowest BCUT2D eigenvalue weighted by molar-refractivity contribution is -0.134. The topological polar surface area (TPSA) is 86.8 Å². The number of sulfonamides is 1. The molecule has 0 aromatic heterocycles. The second-order valence-corrected chi connectivity index (χ2v) is 9.58. The van der Waals surface area contributed by atoms with Gasteiger partial charge in [-0.1, -0.05) is 47.6 Å². The highest BCUT2D eigenvalue weighted by molar-refractivity contribution is 7.89. The zero-order chi connectivity index (χ0) is 22.9. The maximum Gasteiger partial charge on any atom is 0.251 e. The van der Waals surface area contributed by atoms with Crippen LogP contribution in [-0.4, -0.2) is 61.7 Å². The highest BCUT2D eigenvalue weighted by atomic mass is 32.2. The summed E-state index contributed by atoms with van der Waals surface area (Å²) in [5.74, 6) is -0.652. The smallest absolute Gasteiger partial charge is 0.251 e. The summed E-state index contributed by atoms with van der Waals surface area (Å²) in [7, 11) is -3.67. The summed E-state index contributed by atoms with van der Waals surface area (Å²) in [6.45, 7) is 13.3. The van der Waals surface area contributed by atoms with E-state index in [2.05, 4.69) is 5.32 Å². The molecule has 0 heterocycles. The molecular formula is C22H37N3O4S. The first-order valence-electron chi connectivity index (χ1n) is 10.8. The quantitative estimate of drug-likeness (QED) is 0.542. The molecule has 0 saturated carbocycles. The Hall–Kier alpha value is -1.93. The number of amides is 2. The predicted molar refractivity (Wildman–Crippen MR) is 120 cm³/mol. The maximum atomic E-state index is 13.0. The molecule has 1 rings (SSSR count). The normalized spacial score (nSPS) is 12.8. The van der Waals surface area contributed by atoms with Crippen LogP contribution in [0.25, 0.3) is 0 Å². The number of carbonyl (C=O) groups is 2. The number of benzene rings is 1. The third-order valence-electron chi connectivity index (χ3n) is 4.96. The van der Waals surface area contributed by atoms with Crippen LogP contribution in [0, 0.1) is 5.92 Å². The van der Waals surface area contributed by atoms with Crippen molar-refractivity contribution in [3.63, 3.8) is 0 Å². The summed E-state index contributed by atoms with van der Waals surface area (Å²) >= 11 is 0. The van der Waals surface area contributed by atoms with Gasteiger partial charge < -0.3 is 10.2 Å². The summed E-state index contributed by atoms with van der Waals surface area (Å²) in [6, 6.07) is 5.31. The molecule has 1 aromatic rings. The van der Waals surface area contributed by atoms with Crippen molar-refractivity contribution < 1.29 is 18.0 Å². The maximum absolute atomic E-state index is 13.0. The molecule has 30 heavy (non-hydrogen) atoms. The average molecular weight is 440 g/mol. The molecule has 0 bridgehead atoms. The van der Waals surface area contributed by atoms with Crippen molar-refractivity contribution in [2.75, 3.05) is 26.2 Å². The first-order valence-corrected chi connectivity index (χ1v) is 12.3. The summed E-state index contributed by atoms with van der Waals surface area (Å²) in [4.78, 5) is 27.8. The van der Waals surface area contributed by atoms with Gasteiger partial charge in [0.25, 0.3) is 5.91 Å². The van der Waals surface area contributed by atoms with E-state index < -0.39 is 22.0 Å². The molecule has 0 aliphatic rings. The van der Waals surface area contributed by atoms with Crippen molar-refractivity contribution in [3.05, 3.63) is 29.8 Å². The summed E-state index contributed by atoms with van der Waals surface area (Å²) in [5.41, 5.74) is 0.221. The second kappa shape index (κ2) is 12.1. The number of nitrogens with zero attached hydrogens (tertiary/aromatic N) is 2. The van der Waals surface area contributed by atoms with Crippen LogP contribution >= 0.6 is 0 Å². The fourth-order valence-corrected chi connectivity index (χ4v) is 4.82. The Bertz CT molecular complexity index is 798. The lowest BCUT2D eigenvalue weighted by atomic mass is 10.0. The SMILES string of the molecule is CCCN(CCC)C(=O)C(NC(=O)c1cccc(S(=O)(=O)N(CC)CC)c1)C(C)C. The van der Waals surface area contributed by atoms with Gasteiger partial charge in [-0.05, 0) is 37.0 Å². The van der Waals surface area contributed by atoms with Crippen LogP contribution in [0.2, 0.25) is 0 Å². The molecule has 170 valence electrons. The molecule has 2 amide bonds. The molecule has 0 aliphatic heterocycles. The highest BCUT2D eigenvalue weighted by Gasteiger charge is 2.29. The molecule has 0 saturated heterocycles. The van der Waals surface area contributed by atoms with Gasteiger partial charge in [0.15, 0.2) is 0 Å². The van der Waals surface area contributed by atoms with E-state index in [1.165, 1.54) is 16.4 Å². The fourth-order valence-electron chi connectivity index (χ4n) is 3.32. The summed E-state index contributed by atoms with van der Waals surface area (Å²) in [6.07, 6.45) is 1.69. The predicted octanol–water partition coefficient (Wildman–Crippen LogP) is 3.12. The molecule has 0 aliphatic carbocycles. The minimum Gasteiger partial charge on any atom is -0.341 e. The molecule has 7 nitrogen and oxygen atoms in total. The minimum atomic E-state index is -3.67. The second-order valence-electron chi connectivity index (χ2n) is 7.64. The Morgan fingerprint density at radius 1 is 1.00 bits per heavy atom. The Kier molecular flexibility index (Phi) is 10.5. The zero-order valence-electron chi connectivity index (χ0n) is 19.1. The van der Waals surface area contributed by atoms with Gasteiger partial charge in [0.2, 0.25) is 15.9 Å². The molecule has 1 N–H and O–H groups in total. The average Bonchev–Trinajstić information content (AvgIpc) is 2.71. The van der Waals surface area contributed by atoms with Crippen molar-refractivity contribution in [1.29, 1.82) is 0 Å². The standard InChI is InChI=1S/C22H37N3O4S/c1-7-14-24(15-8-2)22(27)20(17(5)6)23-21(26)18-12-11-13-19(16-18)30(28,29)25(9-3)10-4/h11-13,16-17,20H,7-10,14-15H2,1-6H3,(H,23,26). The van der Waals surface area contributed by atoms with Crippen molar-refractivity contribution >= 4 is 21.8 Å². The van der Waals surface area contributed by atoms with E-state index in [1.54, 1.807) is 30.9 Å². The number of nitrogens with one attached hydrogen (secondary N) is 1. The molecule has 0 radical (unpaired) electrons. The molecular weight excluding hydrogens is 402 g/mol. The van der Waals surface area contributed by atoms with E-state index >= 15 is 0 Å². The van der Waals surface area contributed by atoms with Gasteiger partial charge in [0.05, 0.1) is 4.90 Å². The van der Waals surface area contributed by atoms with Crippen LogP contribution in [0.3, 0.4) is 0 Å². The van der Waals surface area contributed by atoms with Crippen molar-refractivity contribution in [2.24, 2.45) is 5.92 Å². The van der Waals surface area contributed by atoms with Gasteiger partial charge in [-0.25, -0.2) is 8.42 Å². The number of carbonyl (C=O) groups excluding carboxylic acids is 2. The lowest BCUT2D eigenvalue weighted by Crippen LogP contribution is -2.51. The van der Waals surface area contributed by atoms with E-state index in [-0.39, 0.29) is 22.3 Å². The molecule has 0 spiro atoms. The van der Waals surface area contributed by atoms with Crippen molar-refractivity contribution in [3.8, 4) is 0 Å². The van der Waals surface area contributed by atoms with Crippen LogP contribution in [0.15, 0.2) is 29.2 Å². The fraction of sp³-hybridized carbons (Fsp3) is 0.636. The van der Waals surface area contributed by atoms with Gasteiger partial charge in [0, 0.05) is 31.7 Å². The van der Waals surface area contributed by atoms with E-state index in [1.807, 2.05) is 27.7 Å². The Labute approximate surface area is 181 Å². The van der Waals surface area contributed by atoms with Gasteiger partial charge in [-0.2, -0.15) is 4.31 Å². The van der Waals surface area contributed by atoms with Gasteiger partial charge in [0.1, 0.15) is 6.04 Å². The van der Waals surface area contributed by atoms with Crippen LogP contribution in [0.1, 0.15) is 64.7 Å². The largest absolute Gasteiger partial charge is 0.341 e. The third-order valence-corrected chi connectivity index (χ3v) is 7.00. The summed E-state index contributed by atoms with van der Waals surface area (Å²) in [5, 5.41) is 2.83. The monoisotopic (exact) mass is 439 g/mol. The third kappa shape index (κ3) is 6.54. The zero-order valence-corrected chi connectivity index (χ0v) is 20.0. The lowest BCUT2D eigenvalue weighted by Gasteiger charge is -2.29. The molecule has 1 unspecified atom stereocenters. The number of rotatable bonds is 12. The van der Waals surface area contributed by atoms with E-state index in [0.29, 0.717) is 26.2 Å². The Morgan fingerprint density at radius 3 is 2.03 bits per heavy atom. The Morgan fingerprint density at radius 2 is 1.57 bits per heavy atom. The number of hydrogen-bond donors (Lipinski definition) is 1. The highest BCUT2D eigenvalue weighted by Crippen LogP contribution is 2.18. The van der Waals surface area contributed by atoms with E-state index in [4.69, 9.17) is 0 Å². The van der Waals surface area contributed by atoms with Crippen LogP contribution in [-0.2, 0) is 14.8 Å². The minimum absolute atomic E-state index is 0.0739.